The van der Waals surface area contributed by atoms with Crippen molar-refractivity contribution in [3.63, 3.8) is 0 Å². The fourth-order valence-corrected chi connectivity index (χ4v) is 1.98. The molecule has 0 aliphatic carbocycles. The van der Waals surface area contributed by atoms with Crippen LogP contribution in [-0.2, 0) is 28.5 Å². The number of carbonyl (C=O) groups is 1. The van der Waals surface area contributed by atoms with Crippen LogP contribution in [0.3, 0.4) is 0 Å². The van der Waals surface area contributed by atoms with Crippen molar-refractivity contribution in [2.24, 2.45) is 0 Å². The van der Waals surface area contributed by atoms with E-state index in [1.54, 1.807) is 14.2 Å². The Kier molecular flexibility index (Phi) is 5.14. The maximum absolute atomic E-state index is 10.4. The molecule has 0 amide bonds. The van der Waals surface area contributed by atoms with Gasteiger partial charge in [0.05, 0.1) is 6.10 Å². The van der Waals surface area contributed by atoms with Gasteiger partial charge in [-0.15, -0.1) is 0 Å². The first-order chi connectivity index (χ1) is 7.69. The van der Waals surface area contributed by atoms with Gasteiger partial charge in [0, 0.05) is 21.3 Å². The van der Waals surface area contributed by atoms with Gasteiger partial charge in [0.2, 0.25) is 6.29 Å². The van der Waals surface area contributed by atoms with Crippen molar-refractivity contribution in [3.8, 4) is 0 Å². The second-order valence-corrected chi connectivity index (χ2v) is 3.54. The molecule has 1 fully saturated rings. The molecule has 0 bridgehead atoms. The molecule has 0 N–H and O–H groups in total. The zero-order chi connectivity index (χ0) is 12.1. The summed E-state index contributed by atoms with van der Waals surface area (Å²) < 4.78 is 26.1. The van der Waals surface area contributed by atoms with Crippen LogP contribution in [-0.4, -0.2) is 58.5 Å². The first kappa shape index (κ1) is 13.4. The van der Waals surface area contributed by atoms with E-state index in [0.717, 1.165) is 0 Å². The molecule has 1 rings (SSSR count). The molecule has 16 heavy (non-hydrogen) atoms. The molecule has 1 aliphatic heterocycles. The highest BCUT2D eigenvalue weighted by Gasteiger charge is 2.46. The number of ether oxygens (including phenoxy) is 5. The normalized spacial score (nSPS) is 39.4. The van der Waals surface area contributed by atoms with Gasteiger partial charge < -0.3 is 23.7 Å². The van der Waals surface area contributed by atoms with Crippen LogP contribution in [0.25, 0.3) is 0 Å². The SMILES string of the molecule is CO[C@@H]1[C@@H](OC)[C@H](C)O[C@H](OC=O)[C@@H]1OC. The highest BCUT2D eigenvalue weighted by Crippen LogP contribution is 2.26. The topological polar surface area (TPSA) is 63.2 Å². The summed E-state index contributed by atoms with van der Waals surface area (Å²) in [5.41, 5.74) is 0. The summed E-state index contributed by atoms with van der Waals surface area (Å²) in [7, 11) is 4.63. The summed E-state index contributed by atoms with van der Waals surface area (Å²) in [6.07, 6.45) is -2.12. The minimum atomic E-state index is -0.770. The minimum absolute atomic E-state index is 0.244. The van der Waals surface area contributed by atoms with Crippen molar-refractivity contribution in [1.29, 1.82) is 0 Å². The summed E-state index contributed by atoms with van der Waals surface area (Å²) in [5, 5.41) is 0. The van der Waals surface area contributed by atoms with E-state index in [-0.39, 0.29) is 18.3 Å². The van der Waals surface area contributed by atoms with Crippen molar-refractivity contribution in [2.45, 2.75) is 37.6 Å². The first-order valence-corrected chi connectivity index (χ1v) is 5.02. The lowest BCUT2D eigenvalue weighted by Gasteiger charge is -2.42. The lowest BCUT2D eigenvalue weighted by Crippen LogP contribution is -2.59. The lowest BCUT2D eigenvalue weighted by atomic mass is 9.99. The van der Waals surface area contributed by atoms with Gasteiger partial charge in [-0.05, 0) is 6.92 Å². The Balaban J connectivity index is 2.82. The van der Waals surface area contributed by atoms with E-state index < -0.39 is 12.4 Å². The molecule has 0 radical (unpaired) electrons. The van der Waals surface area contributed by atoms with Gasteiger partial charge in [-0.2, -0.15) is 0 Å². The third kappa shape index (κ3) is 2.52. The summed E-state index contributed by atoms with van der Waals surface area (Å²) in [4.78, 5) is 10.4. The van der Waals surface area contributed by atoms with Crippen LogP contribution in [0.2, 0.25) is 0 Å². The number of hydrogen-bond donors (Lipinski definition) is 0. The number of methoxy groups -OCH3 is 3. The highest BCUT2D eigenvalue weighted by atomic mass is 16.7. The smallest absolute Gasteiger partial charge is 0.295 e. The average Bonchev–Trinajstić information content (AvgIpc) is 2.28. The molecule has 0 aromatic carbocycles. The Labute approximate surface area is 94.7 Å². The van der Waals surface area contributed by atoms with Gasteiger partial charge in [0.15, 0.2) is 0 Å². The molecule has 1 heterocycles. The van der Waals surface area contributed by atoms with Crippen LogP contribution in [0.4, 0.5) is 0 Å². The summed E-state index contributed by atoms with van der Waals surface area (Å²) in [6, 6.07) is 0. The van der Waals surface area contributed by atoms with Crippen molar-refractivity contribution < 1.29 is 28.5 Å². The Morgan fingerprint density at radius 2 is 1.56 bits per heavy atom. The van der Waals surface area contributed by atoms with Crippen LogP contribution in [0, 0.1) is 0 Å². The maximum Gasteiger partial charge on any atom is 0.295 e. The summed E-state index contributed by atoms with van der Waals surface area (Å²) >= 11 is 0. The molecule has 1 saturated heterocycles. The minimum Gasteiger partial charge on any atom is -0.435 e. The monoisotopic (exact) mass is 234 g/mol. The van der Waals surface area contributed by atoms with E-state index in [1.807, 2.05) is 6.92 Å². The maximum atomic E-state index is 10.4. The second-order valence-electron chi connectivity index (χ2n) is 3.54. The molecular weight excluding hydrogens is 216 g/mol. The van der Waals surface area contributed by atoms with E-state index in [0.29, 0.717) is 6.47 Å². The summed E-state index contributed by atoms with van der Waals surface area (Å²) in [6.45, 7) is 2.16. The third-order valence-corrected chi connectivity index (χ3v) is 2.73. The molecule has 6 heteroatoms. The molecule has 5 atom stereocenters. The molecule has 1 aliphatic rings. The quantitative estimate of drug-likeness (QED) is 0.621. The van der Waals surface area contributed by atoms with E-state index >= 15 is 0 Å². The Bertz CT molecular complexity index is 221. The van der Waals surface area contributed by atoms with E-state index in [1.165, 1.54) is 7.11 Å². The molecular formula is C10H18O6. The van der Waals surface area contributed by atoms with E-state index in [4.69, 9.17) is 23.7 Å². The molecule has 94 valence electrons. The second kappa shape index (κ2) is 6.15. The van der Waals surface area contributed by atoms with E-state index in [9.17, 15) is 4.79 Å². The average molecular weight is 234 g/mol. The van der Waals surface area contributed by atoms with Gasteiger partial charge >= 0.3 is 0 Å². The zero-order valence-electron chi connectivity index (χ0n) is 9.91. The van der Waals surface area contributed by atoms with Gasteiger partial charge in [0.25, 0.3) is 6.47 Å². The standard InChI is InChI=1S/C10H18O6/c1-6-7(12-2)8(13-3)9(14-4)10(16-6)15-5-11/h5-10H,1-4H3/t6-,7-,8+,9+,10-/m0/s1. The van der Waals surface area contributed by atoms with Gasteiger partial charge in [-0.1, -0.05) is 0 Å². The van der Waals surface area contributed by atoms with E-state index in [2.05, 4.69) is 0 Å². The first-order valence-electron chi connectivity index (χ1n) is 5.02. The third-order valence-electron chi connectivity index (χ3n) is 2.73. The van der Waals surface area contributed by atoms with Gasteiger partial charge in [-0.3, -0.25) is 4.79 Å². The molecule has 0 unspecified atom stereocenters. The van der Waals surface area contributed by atoms with Crippen molar-refractivity contribution >= 4 is 6.47 Å². The lowest BCUT2D eigenvalue weighted by molar-refractivity contribution is -0.293. The molecule has 0 aromatic rings. The van der Waals surface area contributed by atoms with Crippen LogP contribution in [0.5, 0.6) is 0 Å². The molecule has 0 aromatic heterocycles. The van der Waals surface area contributed by atoms with Crippen molar-refractivity contribution in [1.82, 2.24) is 0 Å². The van der Waals surface area contributed by atoms with Crippen LogP contribution in [0.1, 0.15) is 6.92 Å². The Morgan fingerprint density at radius 1 is 1.00 bits per heavy atom. The zero-order valence-corrected chi connectivity index (χ0v) is 9.91. The largest absolute Gasteiger partial charge is 0.435 e. The molecule has 0 saturated carbocycles. The van der Waals surface area contributed by atoms with Crippen LogP contribution in [0.15, 0.2) is 0 Å². The van der Waals surface area contributed by atoms with Gasteiger partial charge in [-0.25, -0.2) is 0 Å². The number of rotatable bonds is 5. The Hall–Kier alpha value is -0.690. The van der Waals surface area contributed by atoms with Crippen molar-refractivity contribution in [2.75, 3.05) is 21.3 Å². The van der Waals surface area contributed by atoms with Gasteiger partial charge in [0.1, 0.15) is 18.3 Å². The molecule has 0 spiro atoms. The van der Waals surface area contributed by atoms with Crippen LogP contribution >= 0.6 is 0 Å². The predicted molar refractivity (Wildman–Crippen MR) is 53.9 cm³/mol. The fraction of sp³-hybridized carbons (Fsp3) is 0.900. The predicted octanol–water partition coefficient (Wildman–Crippen LogP) is -0.0508. The fourth-order valence-electron chi connectivity index (χ4n) is 1.98. The number of hydrogen-bond acceptors (Lipinski definition) is 6. The van der Waals surface area contributed by atoms with Crippen LogP contribution < -0.4 is 0 Å². The van der Waals surface area contributed by atoms with Crippen molar-refractivity contribution in [3.05, 3.63) is 0 Å². The summed E-state index contributed by atoms with van der Waals surface area (Å²) in [5.74, 6) is 0. The Morgan fingerprint density at radius 3 is 2.00 bits per heavy atom. The molecule has 6 nitrogen and oxygen atoms in total. The number of carbonyl (C=O) groups excluding carboxylic acids is 1. The highest BCUT2D eigenvalue weighted by molar-refractivity contribution is 5.37.